The maximum absolute atomic E-state index is 11.8. The van der Waals surface area contributed by atoms with E-state index in [4.69, 9.17) is 4.99 Å². The average molecular weight is 469 g/mol. The Morgan fingerprint density at radius 2 is 1.60 bits per heavy atom. The van der Waals surface area contributed by atoms with Crippen LogP contribution in [-0.2, 0) is 16.0 Å². The average Bonchev–Trinajstić information content (AvgIpc) is 3.36. The number of aliphatic carboxylic acids is 2. The zero-order valence-corrected chi connectivity index (χ0v) is 18.8. The van der Waals surface area contributed by atoms with Gasteiger partial charge in [0.15, 0.2) is 5.92 Å². The van der Waals surface area contributed by atoms with Crippen LogP contribution in [0, 0.1) is 23.0 Å². The van der Waals surface area contributed by atoms with Gasteiger partial charge in [0, 0.05) is 35.2 Å². The molecule has 9 nitrogen and oxygen atoms in total. The van der Waals surface area contributed by atoms with E-state index in [0.717, 1.165) is 38.9 Å². The van der Waals surface area contributed by atoms with E-state index in [-0.39, 0.29) is 11.4 Å². The topological polar surface area (TPSA) is 142 Å². The SMILES string of the molecule is CC1=C(C(C(=O)O)C(=O)O)N=c2c(Cc3ccc([N+](=O)[O-])cc3)c3c(c(C)c21)=Nc1ccccc1-3. The van der Waals surface area contributed by atoms with E-state index in [1.165, 1.54) is 12.1 Å². The number of para-hydroxylation sites is 1. The molecule has 174 valence electrons. The number of fused-ring (bicyclic) bond motifs is 4. The molecule has 0 atom stereocenters. The summed E-state index contributed by atoms with van der Waals surface area (Å²) in [6, 6.07) is 13.8. The van der Waals surface area contributed by atoms with Gasteiger partial charge in [-0.15, -0.1) is 0 Å². The van der Waals surface area contributed by atoms with E-state index < -0.39 is 22.8 Å². The summed E-state index contributed by atoms with van der Waals surface area (Å²) in [5.41, 5.74) is 6.06. The van der Waals surface area contributed by atoms with Crippen molar-refractivity contribution in [2.24, 2.45) is 15.9 Å². The number of allylic oxidation sites excluding steroid dienone is 1. The summed E-state index contributed by atoms with van der Waals surface area (Å²) in [6.07, 6.45) is 0.349. The monoisotopic (exact) mass is 469 g/mol. The summed E-state index contributed by atoms with van der Waals surface area (Å²) in [4.78, 5) is 43.6. The molecule has 0 saturated heterocycles. The van der Waals surface area contributed by atoms with Crippen LogP contribution < -0.4 is 10.7 Å². The van der Waals surface area contributed by atoms with Gasteiger partial charge in [-0.3, -0.25) is 24.7 Å². The van der Waals surface area contributed by atoms with Gasteiger partial charge in [0.1, 0.15) is 0 Å². The highest BCUT2D eigenvalue weighted by atomic mass is 16.6. The van der Waals surface area contributed by atoms with Crippen LogP contribution in [0.5, 0.6) is 0 Å². The van der Waals surface area contributed by atoms with E-state index in [1.54, 1.807) is 19.1 Å². The first-order chi connectivity index (χ1) is 16.7. The summed E-state index contributed by atoms with van der Waals surface area (Å²) in [7, 11) is 0. The Morgan fingerprint density at radius 3 is 2.23 bits per heavy atom. The van der Waals surface area contributed by atoms with E-state index >= 15 is 0 Å². The fourth-order valence-electron chi connectivity index (χ4n) is 4.88. The number of carbonyl (C=O) groups is 2. The molecule has 0 aromatic heterocycles. The van der Waals surface area contributed by atoms with E-state index in [0.29, 0.717) is 22.9 Å². The molecule has 0 aliphatic carbocycles. The van der Waals surface area contributed by atoms with Crippen molar-refractivity contribution in [3.8, 4) is 11.1 Å². The first-order valence-corrected chi connectivity index (χ1v) is 10.8. The second-order valence-electron chi connectivity index (χ2n) is 8.51. The number of nitro benzene ring substituents is 1. The molecule has 2 heterocycles. The summed E-state index contributed by atoms with van der Waals surface area (Å²) >= 11 is 0. The molecule has 3 aromatic carbocycles. The molecule has 0 bridgehead atoms. The number of rotatable bonds is 6. The molecule has 0 fully saturated rings. The number of non-ortho nitro benzene ring substituents is 1. The number of nitro groups is 1. The van der Waals surface area contributed by atoms with Crippen molar-refractivity contribution in [3.05, 3.63) is 97.3 Å². The lowest BCUT2D eigenvalue weighted by molar-refractivity contribution is -0.384. The van der Waals surface area contributed by atoms with Crippen molar-refractivity contribution >= 4 is 28.9 Å². The van der Waals surface area contributed by atoms with Crippen LogP contribution in [-0.4, -0.2) is 27.1 Å². The Labute approximate surface area is 198 Å². The molecule has 0 amide bonds. The molecule has 3 aromatic rings. The minimum absolute atomic E-state index is 0.00925. The van der Waals surface area contributed by atoms with Crippen molar-refractivity contribution in [3.63, 3.8) is 0 Å². The summed E-state index contributed by atoms with van der Waals surface area (Å²) < 4.78 is 0. The molecular weight excluding hydrogens is 450 g/mol. The maximum Gasteiger partial charge on any atom is 0.324 e. The Bertz CT molecular complexity index is 1610. The molecule has 2 aliphatic rings. The van der Waals surface area contributed by atoms with Crippen molar-refractivity contribution in [2.45, 2.75) is 20.3 Å². The maximum atomic E-state index is 11.8. The predicted molar refractivity (Wildman–Crippen MR) is 126 cm³/mol. The van der Waals surface area contributed by atoms with Crippen LogP contribution >= 0.6 is 0 Å². The van der Waals surface area contributed by atoms with Gasteiger partial charge < -0.3 is 10.2 Å². The second-order valence-corrected chi connectivity index (χ2v) is 8.51. The van der Waals surface area contributed by atoms with Gasteiger partial charge in [0.25, 0.3) is 5.69 Å². The molecule has 0 saturated carbocycles. The Hall–Kier alpha value is -4.66. The van der Waals surface area contributed by atoms with Crippen LogP contribution in [0.1, 0.15) is 29.2 Å². The lowest BCUT2D eigenvalue weighted by atomic mass is 9.88. The van der Waals surface area contributed by atoms with Crippen molar-refractivity contribution in [2.75, 3.05) is 0 Å². The fourth-order valence-corrected chi connectivity index (χ4v) is 4.88. The van der Waals surface area contributed by atoms with Crippen LogP contribution in [0.25, 0.3) is 16.7 Å². The lowest BCUT2D eigenvalue weighted by Crippen LogP contribution is -2.25. The molecule has 5 rings (SSSR count). The smallest absolute Gasteiger partial charge is 0.324 e. The third kappa shape index (κ3) is 3.40. The molecule has 2 N–H and O–H groups in total. The van der Waals surface area contributed by atoms with Crippen LogP contribution in [0.4, 0.5) is 11.4 Å². The van der Waals surface area contributed by atoms with Crippen molar-refractivity contribution < 1.29 is 24.7 Å². The van der Waals surface area contributed by atoms with E-state index in [9.17, 15) is 29.9 Å². The number of hydrogen-bond donors (Lipinski definition) is 2. The van der Waals surface area contributed by atoms with Gasteiger partial charge in [0.2, 0.25) is 0 Å². The van der Waals surface area contributed by atoms with E-state index in [2.05, 4.69) is 4.99 Å². The number of hydrogen-bond acceptors (Lipinski definition) is 6. The van der Waals surface area contributed by atoms with Gasteiger partial charge in [0.05, 0.1) is 27.0 Å². The van der Waals surface area contributed by atoms with Crippen LogP contribution in [0.3, 0.4) is 0 Å². The highest BCUT2D eigenvalue weighted by Crippen LogP contribution is 2.38. The largest absolute Gasteiger partial charge is 0.480 e. The Kier molecular flexibility index (Phi) is 5.05. The molecule has 0 unspecified atom stereocenters. The zero-order chi connectivity index (χ0) is 25.0. The van der Waals surface area contributed by atoms with Crippen LogP contribution in [0.15, 0.2) is 64.2 Å². The summed E-state index contributed by atoms with van der Waals surface area (Å²) in [6.45, 7) is 3.56. The van der Waals surface area contributed by atoms with E-state index in [1.807, 2.05) is 31.2 Å². The predicted octanol–water partition coefficient (Wildman–Crippen LogP) is 3.58. The molecule has 2 aliphatic heterocycles. The number of nitrogens with zero attached hydrogens (tertiary/aromatic N) is 3. The van der Waals surface area contributed by atoms with Gasteiger partial charge >= 0.3 is 11.9 Å². The summed E-state index contributed by atoms with van der Waals surface area (Å²) in [5, 5.41) is 31.5. The van der Waals surface area contributed by atoms with Gasteiger partial charge in [-0.05, 0) is 42.2 Å². The molecular formula is C26H19N3O6. The quantitative estimate of drug-likeness (QED) is 0.251. The first kappa shape index (κ1) is 22.1. The minimum atomic E-state index is -1.80. The fraction of sp³-hybridized carbons (Fsp3) is 0.154. The number of carboxylic acid groups (broad SMARTS) is 2. The zero-order valence-electron chi connectivity index (χ0n) is 18.8. The van der Waals surface area contributed by atoms with Gasteiger partial charge in [-0.2, -0.15) is 0 Å². The molecule has 0 radical (unpaired) electrons. The number of benzene rings is 3. The minimum Gasteiger partial charge on any atom is -0.480 e. The molecule has 9 heteroatoms. The molecule has 35 heavy (non-hydrogen) atoms. The number of carboxylic acids is 2. The standard InChI is InChI=1S/C26H19N3O6/c1-12-19-13(2)23(21(25(30)31)26(32)33)28-24(19)17(11-14-7-9-15(10-8-14)29(34)35)20-16-5-3-4-6-18(16)27-22(12)20/h3-10,21H,11H2,1-2H3,(H,30,31)(H,32,33). The van der Waals surface area contributed by atoms with Gasteiger partial charge in [-0.1, -0.05) is 30.3 Å². The lowest BCUT2D eigenvalue weighted by Gasteiger charge is -2.13. The normalized spacial score (nSPS) is 13.1. The highest BCUT2D eigenvalue weighted by molar-refractivity contribution is 5.99. The second kappa shape index (κ2) is 7.98. The van der Waals surface area contributed by atoms with Gasteiger partial charge in [-0.25, -0.2) is 4.99 Å². The first-order valence-electron chi connectivity index (χ1n) is 10.8. The van der Waals surface area contributed by atoms with Crippen LogP contribution in [0.2, 0.25) is 0 Å². The third-order valence-electron chi connectivity index (χ3n) is 6.48. The Balaban J connectivity index is 1.79. The molecule has 0 spiro atoms. The third-order valence-corrected chi connectivity index (χ3v) is 6.48. The Morgan fingerprint density at radius 1 is 0.943 bits per heavy atom. The van der Waals surface area contributed by atoms with Crippen molar-refractivity contribution in [1.29, 1.82) is 0 Å². The highest BCUT2D eigenvalue weighted by Gasteiger charge is 2.36. The summed E-state index contributed by atoms with van der Waals surface area (Å²) in [5.74, 6) is -4.77. The van der Waals surface area contributed by atoms with Crippen molar-refractivity contribution in [1.82, 2.24) is 0 Å².